The van der Waals surface area contributed by atoms with E-state index in [4.69, 9.17) is 4.74 Å². The summed E-state index contributed by atoms with van der Waals surface area (Å²) in [4.78, 5) is 11.2. The van der Waals surface area contributed by atoms with E-state index in [2.05, 4.69) is 0 Å². The highest BCUT2D eigenvalue weighted by molar-refractivity contribution is 8.02. The molecule has 1 aliphatic heterocycles. The Hall–Kier alpha value is -0.220. The fraction of sp³-hybridized carbons (Fsp3) is 0.909. The van der Waals surface area contributed by atoms with Crippen molar-refractivity contribution in [2.45, 2.75) is 49.5 Å². The Balaban J connectivity index is 2.52. The first-order valence-corrected chi connectivity index (χ1v) is 6.45. The van der Waals surface area contributed by atoms with Gasteiger partial charge in [-0.25, -0.2) is 0 Å². The van der Waals surface area contributed by atoms with Crippen LogP contribution in [0.3, 0.4) is 0 Å². The zero-order chi connectivity index (χ0) is 11.3. The summed E-state index contributed by atoms with van der Waals surface area (Å²) in [5, 5.41) is 9.69. The summed E-state index contributed by atoms with van der Waals surface area (Å²) in [5.41, 5.74) is 0. The molecule has 1 atom stereocenters. The van der Waals surface area contributed by atoms with Gasteiger partial charge in [-0.3, -0.25) is 4.79 Å². The second-order valence-corrected chi connectivity index (χ2v) is 6.02. The van der Waals surface area contributed by atoms with Gasteiger partial charge in [0.15, 0.2) is 0 Å². The van der Waals surface area contributed by atoms with Gasteiger partial charge in [0, 0.05) is 18.5 Å². The van der Waals surface area contributed by atoms with Crippen LogP contribution in [0.5, 0.6) is 0 Å². The molecule has 0 bridgehead atoms. The van der Waals surface area contributed by atoms with E-state index < -0.39 is 10.7 Å². The smallest absolute Gasteiger partial charge is 0.319 e. The third kappa shape index (κ3) is 3.68. The van der Waals surface area contributed by atoms with Crippen molar-refractivity contribution in [2.75, 3.05) is 13.2 Å². The fourth-order valence-corrected chi connectivity index (χ4v) is 3.44. The van der Waals surface area contributed by atoms with Gasteiger partial charge < -0.3 is 9.84 Å². The SMILES string of the molecule is CCCC(C)(SC1CCOCC1)C(=O)O. The monoisotopic (exact) mass is 232 g/mol. The van der Waals surface area contributed by atoms with Gasteiger partial charge in [-0.15, -0.1) is 11.8 Å². The lowest BCUT2D eigenvalue weighted by molar-refractivity contribution is -0.139. The van der Waals surface area contributed by atoms with Crippen LogP contribution in [-0.4, -0.2) is 34.3 Å². The molecule has 0 spiro atoms. The molecule has 0 aliphatic carbocycles. The van der Waals surface area contributed by atoms with E-state index >= 15 is 0 Å². The number of aliphatic carboxylic acids is 1. The quantitative estimate of drug-likeness (QED) is 0.791. The molecule has 4 heteroatoms. The van der Waals surface area contributed by atoms with Gasteiger partial charge in [0.2, 0.25) is 0 Å². The fourth-order valence-electron chi connectivity index (χ4n) is 1.85. The molecule has 3 nitrogen and oxygen atoms in total. The molecule has 0 aromatic heterocycles. The highest BCUT2D eigenvalue weighted by atomic mass is 32.2. The minimum absolute atomic E-state index is 0.450. The summed E-state index contributed by atoms with van der Waals surface area (Å²) in [6.07, 6.45) is 3.62. The van der Waals surface area contributed by atoms with Crippen LogP contribution in [0.4, 0.5) is 0 Å². The molecule has 1 rings (SSSR count). The van der Waals surface area contributed by atoms with Gasteiger partial charge in [-0.05, 0) is 26.2 Å². The summed E-state index contributed by atoms with van der Waals surface area (Å²) in [6, 6.07) is 0. The number of ether oxygens (including phenoxy) is 1. The normalized spacial score (nSPS) is 22.3. The first-order chi connectivity index (χ1) is 7.08. The van der Waals surface area contributed by atoms with Crippen LogP contribution in [0.2, 0.25) is 0 Å². The molecule has 0 amide bonds. The van der Waals surface area contributed by atoms with Crippen molar-refractivity contribution in [1.82, 2.24) is 0 Å². The lowest BCUT2D eigenvalue weighted by Gasteiger charge is -2.31. The predicted octanol–water partition coefficient (Wildman–Crippen LogP) is 2.54. The standard InChI is InChI=1S/C11H20O3S/c1-3-6-11(2,10(12)13)15-9-4-7-14-8-5-9/h9H,3-8H2,1-2H3,(H,12,13). The van der Waals surface area contributed by atoms with Crippen molar-refractivity contribution in [3.05, 3.63) is 0 Å². The molecule has 1 aliphatic rings. The summed E-state index contributed by atoms with van der Waals surface area (Å²) < 4.78 is 4.66. The van der Waals surface area contributed by atoms with Crippen molar-refractivity contribution in [3.63, 3.8) is 0 Å². The molecule has 1 heterocycles. The molecule has 0 aromatic carbocycles. The van der Waals surface area contributed by atoms with Crippen LogP contribution in [0.15, 0.2) is 0 Å². The number of thioether (sulfide) groups is 1. The highest BCUT2D eigenvalue weighted by Gasteiger charge is 2.36. The third-order valence-electron chi connectivity index (χ3n) is 2.77. The lowest BCUT2D eigenvalue weighted by atomic mass is 10.1. The molecule has 1 fully saturated rings. The van der Waals surface area contributed by atoms with Crippen molar-refractivity contribution in [3.8, 4) is 0 Å². The van der Waals surface area contributed by atoms with Crippen molar-refractivity contribution in [1.29, 1.82) is 0 Å². The summed E-state index contributed by atoms with van der Waals surface area (Å²) in [7, 11) is 0. The maximum Gasteiger partial charge on any atom is 0.319 e. The van der Waals surface area contributed by atoms with Gasteiger partial charge in [0.25, 0.3) is 0 Å². The average molecular weight is 232 g/mol. The van der Waals surface area contributed by atoms with Crippen LogP contribution in [0, 0.1) is 0 Å². The molecule has 88 valence electrons. The number of rotatable bonds is 5. The summed E-state index contributed by atoms with van der Waals surface area (Å²) >= 11 is 1.62. The number of hydrogen-bond donors (Lipinski definition) is 1. The van der Waals surface area contributed by atoms with Gasteiger partial charge in [0.05, 0.1) is 0 Å². The number of carbonyl (C=O) groups is 1. The first kappa shape index (κ1) is 12.8. The molecule has 0 saturated carbocycles. The summed E-state index contributed by atoms with van der Waals surface area (Å²) in [5.74, 6) is -0.680. The highest BCUT2D eigenvalue weighted by Crippen LogP contribution is 2.37. The van der Waals surface area contributed by atoms with E-state index in [9.17, 15) is 9.90 Å². The molecular formula is C11H20O3S. The second-order valence-electron chi connectivity index (χ2n) is 4.22. The van der Waals surface area contributed by atoms with Crippen LogP contribution in [-0.2, 0) is 9.53 Å². The first-order valence-electron chi connectivity index (χ1n) is 5.57. The predicted molar refractivity (Wildman–Crippen MR) is 62.4 cm³/mol. The van der Waals surface area contributed by atoms with E-state index in [-0.39, 0.29) is 0 Å². The van der Waals surface area contributed by atoms with Gasteiger partial charge in [0.1, 0.15) is 4.75 Å². The van der Waals surface area contributed by atoms with Gasteiger partial charge >= 0.3 is 5.97 Å². The Bertz CT molecular complexity index is 214. The number of carboxylic acids is 1. The molecule has 0 aromatic rings. The molecule has 15 heavy (non-hydrogen) atoms. The Morgan fingerprint density at radius 3 is 2.60 bits per heavy atom. The van der Waals surface area contributed by atoms with Gasteiger partial charge in [-0.2, -0.15) is 0 Å². The minimum atomic E-state index is -0.680. The van der Waals surface area contributed by atoms with E-state index in [1.807, 2.05) is 13.8 Å². The summed E-state index contributed by atoms with van der Waals surface area (Å²) in [6.45, 7) is 5.43. The molecule has 0 radical (unpaired) electrons. The molecule has 1 saturated heterocycles. The third-order valence-corrected chi connectivity index (χ3v) is 4.48. The lowest BCUT2D eigenvalue weighted by Crippen LogP contribution is -2.35. The average Bonchev–Trinajstić information content (AvgIpc) is 2.19. The van der Waals surface area contributed by atoms with E-state index in [1.54, 1.807) is 11.8 Å². The Kier molecular flexibility index (Phi) is 4.93. The Morgan fingerprint density at radius 1 is 1.53 bits per heavy atom. The van der Waals surface area contributed by atoms with Crippen LogP contribution < -0.4 is 0 Å². The molecular weight excluding hydrogens is 212 g/mol. The zero-order valence-corrected chi connectivity index (χ0v) is 10.3. The molecule has 1 unspecified atom stereocenters. The van der Waals surface area contributed by atoms with Crippen LogP contribution in [0.25, 0.3) is 0 Å². The Morgan fingerprint density at radius 2 is 2.13 bits per heavy atom. The van der Waals surface area contributed by atoms with E-state index in [0.29, 0.717) is 5.25 Å². The largest absolute Gasteiger partial charge is 0.480 e. The second kappa shape index (κ2) is 5.75. The zero-order valence-electron chi connectivity index (χ0n) is 9.49. The molecule has 1 N–H and O–H groups in total. The maximum atomic E-state index is 11.2. The number of hydrogen-bond acceptors (Lipinski definition) is 3. The van der Waals surface area contributed by atoms with Crippen molar-refractivity contribution >= 4 is 17.7 Å². The van der Waals surface area contributed by atoms with E-state index in [0.717, 1.165) is 38.9 Å². The topological polar surface area (TPSA) is 46.5 Å². The van der Waals surface area contributed by atoms with Crippen molar-refractivity contribution in [2.24, 2.45) is 0 Å². The number of carboxylic acid groups (broad SMARTS) is 1. The minimum Gasteiger partial charge on any atom is -0.480 e. The Labute approximate surface area is 95.6 Å². The van der Waals surface area contributed by atoms with Crippen molar-refractivity contribution < 1.29 is 14.6 Å². The van der Waals surface area contributed by atoms with Crippen LogP contribution in [0.1, 0.15) is 39.5 Å². The maximum absolute atomic E-state index is 11.2. The van der Waals surface area contributed by atoms with E-state index in [1.165, 1.54) is 0 Å². The van der Waals surface area contributed by atoms with Crippen LogP contribution >= 0.6 is 11.8 Å². The van der Waals surface area contributed by atoms with Gasteiger partial charge in [-0.1, -0.05) is 13.3 Å².